The fourth-order valence-electron chi connectivity index (χ4n) is 10.9. The third-order valence-electron chi connectivity index (χ3n) is 14.7. The minimum Gasteiger partial charge on any atom is -0.396 e. The van der Waals surface area contributed by atoms with E-state index in [1.807, 2.05) is 6.92 Å². The van der Waals surface area contributed by atoms with Crippen molar-refractivity contribution in [2.75, 3.05) is 56.6 Å². The molecule has 2 aromatic carbocycles. The van der Waals surface area contributed by atoms with Crippen LogP contribution in [0.2, 0.25) is 25.7 Å². The minimum atomic E-state index is -3.81. The number of aliphatic hydroxyl groups excluding tert-OH is 1. The van der Waals surface area contributed by atoms with Crippen LogP contribution in [-0.4, -0.2) is 110 Å². The monoisotopic (exact) mass is 1010 g/mol. The van der Waals surface area contributed by atoms with Gasteiger partial charge in [0.25, 0.3) is 25.2 Å². The number of aromatic amines is 2. The molecule has 0 saturated carbocycles. The van der Waals surface area contributed by atoms with Crippen molar-refractivity contribution in [1.29, 1.82) is 0 Å². The molecule has 380 valence electrons. The standard InChI is InChI=1S/C25H39N5O4SSi.C22H31N5O2S.C2H7N/c1-36(2,3)13-12-34-17-30-24(27-25(28-30)35(32,33)29-11-10-18(15-29)16-31)26-23-21-8-4-6-19(21)14-20-7-5-9-22(20)23;1-2-3-6-15-11-12-27(14-15)30(28,29)22-24-21(25-26-22)23-20-18-9-4-7-16(18)13-17-8-5-10-19(17)20;1-2-3/h14,18,31H,4-13,15-17H2,1-3H3,(H,26,27,28);13,15H,2-12,14H2,1H3,(H2,23,24,25,26);2-3H2,1H3/p+1/t18-;15-;/m00./s1. The Morgan fingerprint density at radius 3 is 1.78 bits per heavy atom. The van der Waals surface area contributed by atoms with Crippen molar-refractivity contribution < 1.29 is 31.4 Å². The molecule has 4 aromatic rings. The number of anilines is 4. The summed E-state index contributed by atoms with van der Waals surface area (Å²) in [4.78, 5) is 8.94. The van der Waals surface area contributed by atoms with Crippen LogP contribution in [0.15, 0.2) is 22.4 Å². The van der Waals surface area contributed by atoms with E-state index in [-0.39, 0.29) is 29.6 Å². The molecule has 4 heterocycles. The van der Waals surface area contributed by atoms with Crippen LogP contribution in [0.4, 0.5) is 23.3 Å². The number of nitrogens with one attached hydrogen (secondary N) is 4. The van der Waals surface area contributed by atoms with Crippen molar-refractivity contribution >= 4 is 51.4 Å². The maximum atomic E-state index is 13.4. The molecule has 2 fully saturated rings. The Kier molecular flexibility index (Phi) is 16.7. The van der Waals surface area contributed by atoms with Crippen molar-refractivity contribution in [1.82, 2.24) is 33.9 Å². The fraction of sp³-hybridized carbons (Fsp3) is 0.673. The van der Waals surface area contributed by atoms with Gasteiger partial charge in [0.15, 0.2) is 6.73 Å². The van der Waals surface area contributed by atoms with Crippen molar-refractivity contribution in [2.45, 2.75) is 166 Å². The van der Waals surface area contributed by atoms with E-state index in [0.29, 0.717) is 57.0 Å². The molecule has 17 nitrogen and oxygen atoms in total. The van der Waals surface area contributed by atoms with E-state index in [1.165, 1.54) is 61.7 Å². The van der Waals surface area contributed by atoms with Crippen molar-refractivity contribution in [3.63, 3.8) is 0 Å². The lowest BCUT2D eigenvalue weighted by atomic mass is 9.99. The Hall–Kier alpha value is -3.76. The van der Waals surface area contributed by atoms with Crippen molar-refractivity contribution in [3.05, 3.63) is 56.6 Å². The van der Waals surface area contributed by atoms with Gasteiger partial charge >= 0.3 is 11.1 Å². The molecule has 2 saturated heterocycles. The summed E-state index contributed by atoms with van der Waals surface area (Å²) in [6, 6.07) is 5.80. The first-order valence-electron chi connectivity index (χ1n) is 25.8. The molecule has 20 heteroatoms. The SMILES string of the molecule is CCCC[C@H]1CCN(S(=O)(=O)c2nc(Nc3c4c(cc5c3CCC5)CCC4)n[nH]2)C1.CCN.C[Si](C)(C)CCOC[n+]1[nH]c(S(=O)(=O)N2CC[C@H](CO)C2)nc1Nc1c2c(cc3c1CCC3)CCC2. The smallest absolute Gasteiger partial charge is 0.396 e. The first-order valence-corrected chi connectivity index (χ1v) is 32.4. The Bertz CT molecular complexity index is 2580. The number of hydrogen-bond donors (Lipinski definition) is 6. The fourth-order valence-corrected chi connectivity index (χ4v) is 14.5. The van der Waals surface area contributed by atoms with Gasteiger partial charge in [-0.25, -0.2) is 32.3 Å². The quantitative estimate of drug-likeness (QED) is 0.0383. The molecule has 10 rings (SSSR count). The van der Waals surface area contributed by atoms with E-state index >= 15 is 0 Å². The first kappa shape index (κ1) is 51.6. The number of nitrogens with two attached hydrogens (primary N) is 1. The Labute approximate surface area is 411 Å². The van der Waals surface area contributed by atoms with Gasteiger partial charge in [0.2, 0.25) is 5.95 Å². The second-order valence-electron chi connectivity index (χ2n) is 21.1. The predicted octanol–water partition coefficient (Wildman–Crippen LogP) is 6.42. The topological polar surface area (TPSA) is 228 Å². The van der Waals surface area contributed by atoms with Crippen LogP contribution in [0.3, 0.4) is 0 Å². The lowest BCUT2D eigenvalue weighted by Gasteiger charge is -2.15. The maximum absolute atomic E-state index is 13.4. The second-order valence-corrected chi connectivity index (χ2v) is 30.4. The zero-order valence-corrected chi connectivity index (χ0v) is 44.4. The third-order valence-corrected chi connectivity index (χ3v) is 19.8. The highest BCUT2D eigenvalue weighted by atomic mass is 32.2. The summed E-state index contributed by atoms with van der Waals surface area (Å²) in [6.45, 7) is 14.4. The molecule has 7 N–H and O–H groups in total. The summed E-state index contributed by atoms with van der Waals surface area (Å²) in [5.74, 6) is 1.24. The van der Waals surface area contributed by atoms with Crippen molar-refractivity contribution in [2.24, 2.45) is 17.6 Å². The normalized spacial score (nSPS) is 20.0. The number of ether oxygens (including phenoxy) is 1. The molecule has 2 aromatic heterocycles. The molecule has 2 atom stereocenters. The molecule has 6 aliphatic rings. The third kappa shape index (κ3) is 11.8. The zero-order chi connectivity index (χ0) is 48.9. The average molecular weight is 1010 g/mol. The molecule has 0 amide bonds. The van der Waals surface area contributed by atoms with Crippen LogP contribution in [0.25, 0.3) is 0 Å². The lowest BCUT2D eigenvalue weighted by molar-refractivity contribution is -0.772. The van der Waals surface area contributed by atoms with E-state index < -0.39 is 28.1 Å². The summed E-state index contributed by atoms with van der Waals surface area (Å²) in [5, 5.41) is 26.2. The summed E-state index contributed by atoms with van der Waals surface area (Å²) in [7, 11) is -8.68. The largest absolute Gasteiger partial charge is 0.419 e. The Morgan fingerprint density at radius 1 is 0.768 bits per heavy atom. The van der Waals surface area contributed by atoms with Gasteiger partial charge in [-0.05, 0) is 170 Å². The molecule has 4 aliphatic carbocycles. The van der Waals surface area contributed by atoms with E-state index in [9.17, 15) is 21.9 Å². The van der Waals surface area contributed by atoms with E-state index in [4.69, 9.17) is 10.5 Å². The number of sulfonamides is 2. The highest BCUT2D eigenvalue weighted by Gasteiger charge is 2.39. The number of rotatable bonds is 17. The molecule has 0 radical (unpaired) electrons. The van der Waals surface area contributed by atoms with E-state index in [2.05, 4.69) is 74.6 Å². The second kappa shape index (κ2) is 22.3. The van der Waals surface area contributed by atoms with Gasteiger partial charge < -0.3 is 20.9 Å². The number of benzene rings is 2. The summed E-state index contributed by atoms with van der Waals surface area (Å²) >= 11 is 0. The number of aliphatic hydroxyl groups is 1. The highest BCUT2D eigenvalue weighted by molar-refractivity contribution is 7.89. The minimum absolute atomic E-state index is 0.00780. The van der Waals surface area contributed by atoms with Crippen LogP contribution in [-0.2, 0) is 82.9 Å². The van der Waals surface area contributed by atoms with Crippen LogP contribution in [0, 0.1) is 11.8 Å². The lowest BCUT2D eigenvalue weighted by Crippen LogP contribution is -2.41. The van der Waals surface area contributed by atoms with E-state index in [0.717, 1.165) is 114 Å². The molecule has 2 aliphatic heterocycles. The van der Waals surface area contributed by atoms with Gasteiger partial charge in [-0.2, -0.15) is 13.6 Å². The van der Waals surface area contributed by atoms with Crippen LogP contribution in [0.1, 0.15) is 116 Å². The number of unbranched alkanes of at least 4 members (excludes halogenated alkanes) is 1. The number of aryl methyl sites for hydroxylation is 4. The molecular formula is C49H78N11O6S2Si+. The summed E-state index contributed by atoms with van der Waals surface area (Å²) in [5.41, 5.74) is 18.2. The van der Waals surface area contributed by atoms with E-state index in [1.54, 1.807) is 8.99 Å². The predicted molar refractivity (Wildman–Crippen MR) is 272 cm³/mol. The van der Waals surface area contributed by atoms with Crippen LogP contribution >= 0.6 is 0 Å². The van der Waals surface area contributed by atoms with Gasteiger partial charge in [0.1, 0.15) is 5.69 Å². The Balaban J connectivity index is 0.000000179. The number of fused-ring (bicyclic) bond motifs is 4. The number of aromatic nitrogens is 6. The zero-order valence-electron chi connectivity index (χ0n) is 41.8. The number of H-pyrrole nitrogens is 2. The van der Waals surface area contributed by atoms with Crippen molar-refractivity contribution in [3.8, 4) is 0 Å². The van der Waals surface area contributed by atoms with Crippen LogP contribution in [0.5, 0.6) is 0 Å². The first-order chi connectivity index (χ1) is 33.1. The summed E-state index contributed by atoms with van der Waals surface area (Å²) in [6.07, 6.45) is 18.3. The highest BCUT2D eigenvalue weighted by Crippen LogP contribution is 2.41. The summed E-state index contributed by atoms with van der Waals surface area (Å²) < 4.78 is 63.6. The Morgan fingerprint density at radius 2 is 1.28 bits per heavy atom. The number of nitrogens with zero attached hydrogens (tertiary/aromatic N) is 6. The van der Waals surface area contributed by atoms with Gasteiger partial charge in [-0.3, -0.25) is 0 Å². The van der Waals surface area contributed by atoms with Gasteiger partial charge in [0, 0.05) is 53.2 Å². The van der Waals surface area contributed by atoms with Gasteiger partial charge in [-0.1, -0.05) is 58.5 Å². The molecule has 0 bridgehead atoms. The molecular weight excluding hydrogens is 931 g/mol. The van der Waals surface area contributed by atoms with Gasteiger partial charge in [0.05, 0.1) is 0 Å². The molecule has 0 unspecified atom stereocenters. The molecule has 0 spiro atoms. The number of hydrogen-bond acceptors (Lipinski definition) is 12. The maximum Gasteiger partial charge on any atom is 0.419 e. The van der Waals surface area contributed by atoms with Crippen LogP contribution < -0.4 is 21.0 Å². The molecule has 69 heavy (non-hydrogen) atoms. The van der Waals surface area contributed by atoms with Gasteiger partial charge in [-0.15, -0.1) is 9.78 Å². The average Bonchev–Trinajstić information content (AvgIpc) is 4.17.